The number of hydrogen-bond acceptors (Lipinski definition) is 7. The van der Waals surface area contributed by atoms with E-state index in [4.69, 9.17) is 9.47 Å². The standard InChI is InChI=1S/C15H19N5O3/c1-19(2)10-5-3-9(4-6-10)15-16-17-18-20(15)11-7-22-14-12(21)8-23-13(11)14/h3-6,11-14,21H,7-8H2,1-2H3/t11-,12-,13-,14+/m1/s1. The molecule has 0 aliphatic carbocycles. The van der Waals surface area contributed by atoms with Gasteiger partial charge >= 0.3 is 0 Å². The van der Waals surface area contributed by atoms with Crippen molar-refractivity contribution in [3.63, 3.8) is 0 Å². The van der Waals surface area contributed by atoms with Gasteiger partial charge in [-0.05, 0) is 34.7 Å². The van der Waals surface area contributed by atoms with Crippen molar-refractivity contribution in [1.82, 2.24) is 20.2 Å². The van der Waals surface area contributed by atoms with Crippen molar-refractivity contribution in [2.75, 3.05) is 32.2 Å². The third-order valence-corrected chi connectivity index (χ3v) is 4.45. The molecule has 0 radical (unpaired) electrons. The summed E-state index contributed by atoms with van der Waals surface area (Å²) in [6, 6.07) is 7.91. The van der Waals surface area contributed by atoms with Gasteiger partial charge < -0.3 is 19.5 Å². The number of aliphatic hydroxyl groups excluding tert-OH is 1. The van der Waals surface area contributed by atoms with E-state index >= 15 is 0 Å². The quantitative estimate of drug-likeness (QED) is 0.859. The number of aromatic nitrogens is 4. The fraction of sp³-hybridized carbons (Fsp3) is 0.533. The second-order valence-electron chi connectivity index (χ2n) is 6.12. The smallest absolute Gasteiger partial charge is 0.182 e. The molecule has 2 saturated heterocycles. The number of rotatable bonds is 3. The van der Waals surface area contributed by atoms with Crippen molar-refractivity contribution in [3.8, 4) is 11.4 Å². The molecule has 2 aliphatic heterocycles. The van der Waals surface area contributed by atoms with E-state index in [0.29, 0.717) is 19.0 Å². The Morgan fingerprint density at radius 3 is 2.61 bits per heavy atom. The topological polar surface area (TPSA) is 85.5 Å². The van der Waals surface area contributed by atoms with E-state index in [2.05, 4.69) is 15.5 Å². The molecule has 3 heterocycles. The van der Waals surface area contributed by atoms with Crippen molar-refractivity contribution in [2.24, 2.45) is 0 Å². The molecule has 4 rings (SSSR count). The van der Waals surface area contributed by atoms with Crippen molar-refractivity contribution in [2.45, 2.75) is 24.4 Å². The fourth-order valence-electron chi connectivity index (χ4n) is 3.18. The molecular weight excluding hydrogens is 298 g/mol. The van der Waals surface area contributed by atoms with Crippen LogP contribution < -0.4 is 4.90 Å². The monoisotopic (exact) mass is 317 g/mol. The Labute approximate surface area is 133 Å². The predicted octanol–water partition coefficient (Wildman–Crippen LogP) is 0.106. The average Bonchev–Trinajstić information content (AvgIpc) is 3.25. The molecule has 1 aromatic carbocycles. The first kappa shape index (κ1) is 14.6. The third kappa shape index (κ3) is 2.39. The van der Waals surface area contributed by atoms with E-state index in [9.17, 15) is 5.11 Å². The summed E-state index contributed by atoms with van der Waals surface area (Å²) in [5.74, 6) is 0.676. The van der Waals surface area contributed by atoms with Crippen LogP contribution in [0, 0.1) is 0 Å². The first-order valence-electron chi connectivity index (χ1n) is 7.62. The second kappa shape index (κ2) is 5.55. The fourth-order valence-corrected chi connectivity index (χ4v) is 3.18. The maximum Gasteiger partial charge on any atom is 0.182 e. The molecule has 0 unspecified atom stereocenters. The lowest BCUT2D eigenvalue weighted by atomic mass is 10.1. The lowest BCUT2D eigenvalue weighted by Crippen LogP contribution is -2.30. The summed E-state index contributed by atoms with van der Waals surface area (Å²) in [5, 5.41) is 22.0. The van der Waals surface area contributed by atoms with Crippen LogP contribution in [0.2, 0.25) is 0 Å². The molecular formula is C15H19N5O3. The zero-order valence-electron chi connectivity index (χ0n) is 13.0. The molecule has 2 aromatic rings. The lowest BCUT2D eigenvalue weighted by Gasteiger charge is -2.17. The van der Waals surface area contributed by atoms with Crippen LogP contribution in [0.1, 0.15) is 6.04 Å². The summed E-state index contributed by atoms with van der Waals surface area (Å²) in [6.07, 6.45) is -1.09. The van der Waals surface area contributed by atoms with E-state index in [1.165, 1.54) is 0 Å². The Balaban J connectivity index is 1.64. The number of aliphatic hydroxyl groups is 1. The molecule has 8 nitrogen and oxygen atoms in total. The number of nitrogens with zero attached hydrogens (tertiary/aromatic N) is 5. The molecule has 0 amide bonds. The van der Waals surface area contributed by atoms with Gasteiger partial charge in [-0.25, -0.2) is 4.68 Å². The third-order valence-electron chi connectivity index (χ3n) is 4.45. The van der Waals surface area contributed by atoms with E-state index in [0.717, 1.165) is 11.3 Å². The zero-order chi connectivity index (χ0) is 16.0. The molecule has 2 fully saturated rings. The minimum atomic E-state index is -0.579. The predicted molar refractivity (Wildman–Crippen MR) is 82.1 cm³/mol. The molecule has 0 saturated carbocycles. The van der Waals surface area contributed by atoms with Crippen molar-refractivity contribution < 1.29 is 14.6 Å². The SMILES string of the molecule is CN(C)c1ccc(-c2nnnn2[C@@H]2CO[C@@H]3[C@@H]2OC[C@H]3O)cc1. The molecule has 0 bridgehead atoms. The molecule has 2 aliphatic rings. The highest BCUT2D eigenvalue weighted by molar-refractivity contribution is 5.60. The van der Waals surface area contributed by atoms with Gasteiger partial charge in [0, 0.05) is 25.3 Å². The van der Waals surface area contributed by atoms with Crippen LogP contribution >= 0.6 is 0 Å². The Hall–Kier alpha value is -2.03. The minimum Gasteiger partial charge on any atom is -0.388 e. The first-order chi connectivity index (χ1) is 11.1. The van der Waals surface area contributed by atoms with E-state index in [1.54, 1.807) is 4.68 Å². The van der Waals surface area contributed by atoms with Crippen LogP contribution in [0.3, 0.4) is 0 Å². The molecule has 4 atom stereocenters. The normalized spacial score (nSPS) is 29.7. The summed E-state index contributed by atoms with van der Waals surface area (Å²) in [7, 11) is 4.00. The van der Waals surface area contributed by atoms with Crippen LogP contribution in [-0.2, 0) is 9.47 Å². The van der Waals surface area contributed by atoms with Gasteiger partial charge in [0.05, 0.1) is 13.2 Å². The largest absolute Gasteiger partial charge is 0.388 e. The van der Waals surface area contributed by atoms with Gasteiger partial charge in [0.25, 0.3) is 0 Å². The maximum atomic E-state index is 9.87. The minimum absolute atomic E-state index is 0.129. The van der Waals surface area contributed by atoms with Crippen LogP contribution in [0.4, 0.5) is 5.69 Å². The highest BCUT2D eigenvalue weighted by Crippen LogP contribution is 2.35. The number of benzene rings is 1. The van der Waals surface area contributed by atoms with Gasteiger partial charge in [0.15, 0.2) is 5.82 Å². The second-order valence-corrected chi connectivity index (χ2v) is 6.12. The van der Waals surface area contributed by atoms with Gasteiger partial charge in [-0.2, -0.15) is 0 Å². The maximum absolute atomic E-state index is 9.87. The van der Waals surface area contributed by atoms with Gasteiger partial charge in [-0.3, -0.25) is 0 Å². The highest BCUT2D eigenvalue weighted by Gasteiger charge is 2.49. The Morgan fingerprint density at radius 1 is 1.13 bits per heavy atom. The van der Waals surface area contributed by atoms with Gasteiger partial charge in [-0.1, -0.05) is 0 Å². The van der Waals surface area contributed by atoms with Crippen LogP contribution in [0.5, 0.6) is 0 Å². The molecule has 1 N–H and O–H groups in total. The first-order valence-corrected chi connectivity index (χ1v) is 7.62. The highest BCUT2D eigenvalue weighted by atomic mass is 16.6. The number of fused-ring (bicyclic) bond motifs is 1. The summed E-state index contributed by atoms with van der Waals surface area (Å²) in [6.45, 7) is 0.723. The molecule has 23 heavy (non-hydrogen) atoms. The molecule has 122 valence electrons. The summed E-state index contributed by atoms with van der Waals surface area (Å²) >= 11 is 0. The summed E-state index contributed by atoms with van der Waals surface area (Å²) in [5.41, 5.74) is 2.04. The van der Waals surface area contributed by atoms with E-state index in [1.807, 2.05) is 43.3 Å². The zero-order valence-corrected chi connectivity index (χ0v) is 13.0. The number of tetrazole rings is 1. The van der Waals surface area contributed by atoms with Crippen molar-refractivity contribution >= 4 is 5.69 Å². The molecule has 0 spiro atoms. The van der Waals surface area contributed by atoms with Gasteiger partial charge in [0.1, 0.15) is 24.4 Å². The molecule has 1 aromatic heterocycles. The van der Waals surface area contributed by atoms with E-state index in [-0.39, 0.29) is 18.2 Å². The summed E-state index contributed by atoms with van der Waals surface area (Å²) < 4.78 is 13.1. The Morgan fingerprint density at radius 2 is 1.87 bits per heavy atom. The van der Waals surface area contributed by atoms with Crippen LogP contribution in [0.25, 0.3) is 11.4 Å². The molecule has 8 heteroatoms. The van der Waals surface area contributed by atoms with Gasteiger partial charge in [0.2, 0.25) is 0 Å². The van der Waals surface area contributed by atoms with Crippen LogP contribution in [0.15, 0.2) is 24.3 Å². The lowest BCUT2D eigenvalue weighted by molar-refractivity contribution is 0.0169. The number of hydrogen-bond donors (Lipinski definition) is 1. The number of anilines is 1. The van der Waals surface area contributed by atoms with E-state index < -0.39 is 6.10 Å². The Bertz CT molecular complexity index is 687. The average molecular weight is 317 g/mol. The van der Waals surface area contributed by atoms with Crippen molar-refractivity contribution in [3.05, 3.63) is 24.3 Å². The Kier molecular flexibility index (Phi) is 3.51. The van der Waals surface area contributed by atoms with Gasteiger partial charge in [-0.15, -0.1) is 5.10 Å². The summed E-state index contributed by atoms with van der Waals surface area (Å²) in [4.78, 5) is 2.04. The van der Waals surface area contributed by atoms with Crippen LogP contribution in [-0.4, -0.2) is 70.9 Å². The van der Waals surface area contributed by atoms with Crippen molar-refractivity contribution in [1.29, 1.82) is 0 Å². The number of ether oxygens (including phenoxy) is 2.